The molecule has 1 heterocycles. The molecule has 2 unspecified atom stereocenters. The number of rotatable bonds is 3. The first-order valence-corrected chi connectivity index (χ1v) is 6.96. The Labute approximate surface area is 96.9 Å². The van der Waals surface area contributed by atoms with Crippen LogP contribution in [0.4, 0.5) is 0 Å². The lowest BCUT2D eigenvalue weighted by atomic mass is 9.86. The number of aryl methyl sites for hydroxylation is 1. The van der Waals surface area contributed by atoms with Crippen LogP contribution in [-0.2, 0) is 6.54 Å². The topological polar surface area (TPSA) is 12.0 Å². The second-order valence-electron chi connectivity index (χ2n) is 4.83. The zero-order valence-corrected chi connectivity index (χ0v) is 10.6. The summed E-state index contributed by atoms with van der Waals surface area (Å²) in [6, 6.07) is 0.748. The van der Waals surface area contributed by atoms with E-state index in [9.17, 15) is 0 Å². The van der Waals surface area contributed by atoms with Crippen LogP contribution in [0.1, 0.15) is 43.7 Å². The molecule has 1 N–H and O–H groups in total. The quantitative estimate of drug-likeness (QED) is 0.823. The minimum absolute atomic E-state index is 0.748. The van der Waals surface area contributed by atoms with Crippen LogP contribution < -0.4 is 5.32 Å². The minimum Gasteiger partial charge on any atom is -0.310 e. The lowest BCUT2D eigenvalue weighted by molar-refractivity contribution is 0.279. The third-order valence-electron chi connectivity index (χ3n) is 3.63. The number of nitrogens with one attached hydrogen (secondary N) is 1. The molecule has 2 rings (SSSR count). The molecule has 0 amide bonds. The van der Waals surface area contributed by atoms with E-state index in [2.05, 4.69) is 29.9 Å². The summed E-state index contributed by atoms with van der Waals surface area (Å²) in [5.74, 6) is 0.859. The van der Waals surface area contributed by atoms with Gasteiger partial charge in [-0.2, -0.15) is 11.3 Å². The maximum absolute atomic E-state index is 3.72. The SMILES string of the molecule is Cc1cscc1CNC1CCCCC1C. The predicted molar refractivity (Wildman–Crippen MR) is 67.3 cm³/mol. The van der Waals surface area contributed by atoms with Crippen molar-refractivity contribution in [2.75, 3.05) is 0 Å². The molecular weight excluding hydrogens is 202 g/mol. The van der Waals surface area contributed by atoms with Gasteiger partial charge in [0.1, 0.15) is 0 Å². The molecule has 1 saturated carbocycles. The molecule has 1 nitrogen and oxygen atoms in total. The molecular formula is C13H21NS. The molecule has 84 valence electrons. The average Bonchev–Trinajstić information content (AvgIpc) is 2.63. The van der Waals surface area contributed by atoms with E-state index in [1.807, 2.05) is 11.3 Å². The molecule has 1 aromatic rings. The van der Waals surface area contributed by atoms with Gasteiger partial charge < -0.3 is 5.32 Å². The zero-order chi connectivity index (χ0) is 10.7. The van der Waals surface area contributed by atoms with E-state index in [4.69, 9.17) is 0 Å². The molecule has 1 aliphatic carbocycles. The summed E-state index contributed by atoms with van der Waals surface area (Å²) in [5.41, 5.74) is 2.92. The van der Waals surface area contributed by atoms with Crippen molar-refractivity contribution in [3.8, 4) is 0 Å². The van der Waals surface area contributed by atoms with Crippen molar-refractivity contribution in [3.63, 3.8) is 0 Å². The normalized spacial score (nSPS) is 26.8. The van der Waals surface area contributed by atoms with Gasteiger partial charge in [0.15, 0.2) is 0 Å². The van der Waals surface area contributed by atoms with Crippen LogP contribution in [0.25, 0.3) is 0 Å². The third-order valence-corrected chi connectivity index (χ3v) is 4.54. The fourth-order valence-electron chi connectivity index (χ4n) is 2.43. The average molecular weight is 223 g/mol. The second-order valence-corrected chi connectivity index (χ2v) is 5.57. The second kappa shape index (κ2) is 5.13. The summed E-state index contributed by atoms with van der Waals surface area (Å²) < 4.78 is 0. The third kappa shape index (κ3) is 2.82. The summed E-state index contributed by atoms with van der Waals surface area (Å²) in [4.78, 5) is 0. The zero-order valence-electron chi connectivity index (χ0n) is 9.75. The van der Waals surface area contributed by atoms with Gasteiger partial charge >= 0.3 is 0 Å². The molecule has 15 heavy (non-hydrogen) atoms. The first-order chi connectivity index (χ1) is 7.27. The summed E-state index contributed by atoms with van der Waals surface area (Å²) >= 11 is 1.81. The molecule has 0 radical (unpaired) electrons. The first kappa shape index (κ1) is 11.2. The Balaban J connectivity index is 1.84. The van der Waals surface area contributed by atoms with Crippen LogP contribution in [0.15, 0.2) is 10.8 Å². The first-order valence-electron chi connectivity index (χ1n) is 6.02. The standard InChI is InChI=1S/C13H21NS/c1-10-5-3-4-6-13(10)14-7-12-9-15-8-11(12)2/h8-10,13-14H,3-7H2,1-2H3. The van der Waals surface area contributed by atoms with Crippen LogP contribution in [0, 0.1) is 12.8 Å². The van der Waals surface area contributed by atoms with Gasteiger partial charge in [-0.15, -0.1) is 0 Å². The van der Waals surface area contributed by atoms with Crippen molar-refractivity contribution in [1.82, 2.24) is 5.32 Å². The van der Waals surface area contributed by atoms with Crippen LogP contribution in [0.5, 0.6) is 0 Å². The molecule has 2 heteroatoms. The Morgan fingerprint density at radius 3 is 2.80 bits per heavy atom. The largest absolute Gasteiger partial charge is 0.310 e. The molecule has 0 bridgehead atoms. The summed E-state index contributed by atoms with van der Waals surface area (Å²) in [6.45, 7) is 5.65. The van der Waals surface area contributed by atoms with E-state index in [1.165, 1.54) is 36.8 Å². The van der Waals surface area contributed by atoms with Crippen LogP contribution in [-0.4, -0.2) is 6.04 Å². The lowest BCUT2D eigenvalue weighted by Gasteiger charge is -2.29. The van der Waals surface area contributed by atoms with Gasteiger partial charge in [0.25, 0.3) is 0 Å². The van der Waals surface area contributed by atoms with Gasteiger partial charge in [-0.1, -0.05) is 19.8 Å². The van der Waals surface area contributed by atoms with Crippen molar-refractivity contribution in [1.29, 1.82) is 0 Å². The smallest absolute Gasteiger partial charge is 0.0219 e. The lowest BCUT2D eigenvalue weighted by Crippen LogP contribution is -2.36. The highest BCUT2D eigenvalue weighted by Gasteiger charge is 2.20. The Morgan fingerprint density at radius 1 is 1.33 bits per heavy atom. The maximum Gasteiger partial charge on any atom is 0.0219 e. The molecule has 0 aromatic carbocycles. The van der Waals surface area contributed by atoms with Crippen LogP contribution >= 0.6 is 11.3 Å². The molecule has 1 aromatic heterocycles. The van der Waals surface area contributed by atoms with Crippen LogP contribution in [0.3, 0.4) is 0 Å². The number of hydrogen-bond donors (Lipinski definition) is 1. The van der Waals surface area contributed by atoms with E-state index < -0.39 is 0 Å². The van der Waals surface area contributed by atoms with Crippen molar-refractivity contribution in [3.05, 3.63) is 21.9 Å². The molecule has 0 saturated heterocycles. The van der Waals surface area contributed by atoms with Gasteiger partial charge in [0, 0.05) is 12.6 Å². The monoisotopic (exact) mass is 223 g/mol. The van der Waals surface area contributed by atoms with Gasteiger partial charge in [-0.25, -0.2) is 0 Å². The Morgan fingerprint density at radius 2 is 2.13 bits per heavy atom. The van der Waals surface area contributed by atoms with E-state index >= 15 is 0 Å². The van der Waals surface area contributed by atoms with Gasteiger partial charge in [-0.3, -0.25) is 0 Å². The highest BCUT2D eigenvalue weighted by Crippen LogP contribution is 2.24. The Kier molecular flexibility index (Phi) is 3.81. The van der Waals surface area contributed by atoms with Gasteiger partial charge in [-0.05, 0) is 47.6 Å². The van der Waals surface area contributed by atoms with Crippen molar-refractivity contribution < 1.29 is 0 Å². The summed E-state index contributed by atoms with van der Waals surface area (Å²) in [6.07, 6.45) is 5.60. The van der Waals surface area contributed by atoms with Gasteiger partial charge in [0.2, 0.25) is 0 Å². The summed E-state index contributed by atoms with van der Waals surface area (Å²) in [7, 11) is 0. The fraction of sp³-hybridized carbons (Fsp3) is 0.692. The molecule has 1 aliphatic rings. The highest BCUT2D eigenvalue weighted by molar-refractivity contribution is 7.08. The molecule has 1 fully saturated rings. The van der Waals surface area contributed by atoms with Gasteiger partial charge in [0.05, 0.1) is 0 Å². The predicted octanol–water partition coefficient (Wildman–Crippen LogP) is 3.72. The van der Waals surface area contributed by atoms with E-state index in [0.717, 1.165) is 18.5 Å². The fourth-order valence-corrected chi connectivity index (χ4v) is 3.29. The molecule has 2 atom stereocenters. The van der Waals surface area contributed by atoms with Crippen molar-refractivity contribution in [2.24, 2.45) is 5.92 Å². The van der Waals surface area contributed by atoms with E-state index in [1.54, 1.807) is 0 Å². The number of thiophene rings is 1. The highest BCUT2D eigenvalue weighted by atomic mass is 32.1. The van der Waals surface area contributed by atoms with Crippen LogP contribution in [0.2, 0.25) is 0 Å². The Hall–Kier alpha value is -0.340. The van der Waals surface area contributed by atoms with E-state index in [-0.39, 0.29) is 0 Å². The maximum atomic E-state index is 3.72. The van der Waals surface area contributed by atoms with E-state index in [0.29, 0.717) is 0 Å². The Bertz CT molecular complexity index is 305. The summed E-state index contributed by atoms with van der Waals surface area (Å²) in [5, 5.41) is 8.23. The molecule has 0 aliphatic heterocycles. The van der Waals surface area contributed by atoms with Crippen molar-refractivity contribution in [2.45, 2.75) is 52.1 Å². The van der Waals surface area contributed by atoms with Crippen molar-refractivity contribution >= 4 is 11.3 Å². The molecule has 0 spiro atoms. The minimum atomic E-state index is 0.748. The number of hydrogen-bond acceptors (Lipinski definition) is 2.